The normalized spacial score (nSPS) is 19.0. The van der Waals surface area contributed by atoms with E-state index in [9.17, 15) is 4.79 Å². The molecule has 1 aliphatic heterocycles. The Kier molecular flexibility index (Phi) is 5.85. The molecule has 0 aromatic heterocycles. The van der Waals surface area contributed by atoms with E-state index in [1.165, 1.54) is 0 Å². The standard InChI is InChI=1S/C12H22N2O2S/c1-8(2)10(11(13)17)12(15)14-7-9-3-5-16-6-4-9/h8-10H,3-7H2,1-2H3,(H2,13,17)(H,14,15). The largest absolute Gasteiger partial charge is 0.393 e. The van der Waals surface area contributed by atoms with Gasteiger partial charge in [0.25, 0.3) is 0 Å². The molecule has 0 aromatic carbocycles. The van der Waals surface area contributed by atoms with Gasteiger partial charge >= 0.3 is 0 Å². The summed E-state index contributed by atoms with van der Waals surface area (Å²) in [5, 5.41) is 2.95. The van der Waals surface area contributed by atoms with E-state index in [0.717, 1.165) is 26.1 Å². The highest BCUT2D eigenvalue weighted by molar-refractivity contribution is 7.80. The number of hydrogen-bond donors (Lipinski definition) is 2. The molecule has 1 heterocycles. The van der Waals surface area contributed by atoms with Crippen molar-refractivity contribution in [1.82, 2.24) is 5.32 Å². The van der Waals surface area contributed by atoms with Crippen molar-refractivity contribution in [1.29, 1.82) is 0 Å². The maximum absolute atomic E-state index is 12.0. The van der Waals surface area contributed by atoms with Crippen molar-refractivity contribution in [3.05, 3.63) is 0 Å². The highest BCUT2D eigenvalue weighted by atomic mass is 32.1. The van der Waals surface area contributed by atoms with Gasteiger partial charge < -0.3 is 15.8 Å². The predicted octanol–water partition coefficient (Wildman–Crippen LogP) is 1.09. The first-order chi connectivity index (χ1) is 8.02. The van der Waals surface area contributed by atoms with Gasteiger partial charge in [-0.2, -0.15) is 0 Å². The molecule has 0 saturated carbocycles. The van der Waals surface area contributed by atoms with Crippen LogP contribution in [-0.2, 0) is 9.53 Å². The molecule has 1 unspecified atom stereocenters. The van der Waals surface area contributed by atoms with Gasteiger partial charge in [0.05, 0.1) is 10.9 Å². The van der Waals surface area contributed by atoms with Crippen LogP contribution in [0.15, 0.2) is 0 Å². The fourth-order valence-corrected chi connectivity index (χ4v) is 2.45. The average Bonchev–Trinajstić information content (AvgIpc) is 2.27. The second-order valence-corrected chi connectivity index (χ2v) is 5.40. The number of amides is 1. The minimum atomic E-state index is -0.357. The third kappa shape index (κ3) is 4.60. The van der Waals surface area contributed by atoms with Crippen LogP contribution < -0.4 is 11.1 Å². The summed E-state index contributed by atoms with van der Waals surface area (Å²) in [6.07, 6.45) is 2.03. The fraction of sp³-hybridized carbons (Fsp3) is 0.833. The topological polar surface area (TPSA) is 64.3 Å². The lowest BCUT2D eigenvalue weighted by molar-refractivity contribution is -0.124. The lowest BCUT2D eigenvalue weighted by atomic mass is 9.94. The SMILES string of the molecule is CC(C)C(C(=O)NCC1CCOCC1)C(N)=S. The van der Waals surface area contributed by atoms with Crippen LogP contribution in [0.25, 0.3) is 0 Å². The first-order valence-corrected chi connectivity index (χ1v) is 6.58. The van der Waals surface area contributed by atoms with E-state index in [1.807, 2.05) is 13.8 Å². The molecule has 1 amide bonds. The molecule has 0 radical (unpaired) electrons. The molecule has 98 valence electrons. The molecule has 1 aliphatic rings. The van der Waals surface area contributed by atoms with Crippen molar-refractivity contribution in [2.24, 2.45) is 23.5 Å². The Morgan fingerprint density at radius 3 is 2.53 bits per heavy atom. The summed E-state index contributed by atoms with van der Waals surface area (Å²) in [7, 11) is 0. The summed E-state index contributed by atoms with van der Waals surface area (Å²) in [5.74, 6) is 0.262. The van der Waals surface area contributed by atoms with E-state index in [0.29, 0.717) is 12.5 Å². The highest BCUT2D eigenvalue weighted by Crippen LogP contribution is 2.15. The number of ether oxygens (including phenoxy) is 1. The van der Waals surface area contributed by atoms with Gasteiger partial charge in [-0.1, -0.05) is 26.1 Å². The zero-order valence-electron chi connectivity index (χ0n) is 10.6. The Morgan fingerprint density at radius 2 is 2.06 bits per heavy atom. The van der Waals surface area contributed by atoms with Crippen molar-refractivity contribution in [2.75, 3.05) is 19.8 Å². The number of hydrogen-bond acceptors (Lipinski definition) is 3. The molecule has 17 heavy (non-hydrogen) atoms. The Morgan fingerprint density at radius 1 is 1.47 bits per heavy atom. The first kappa shape index (κ1) is 14.4. The van der Waals surface area contributed by atoms with Crippen LogP contribution in [0.1, 0.15) is 26.7 Å². The smallest absolute Gasteiger partial charge is 0.230 e. The van der Waals surface area contributed by atoms with Gasteiger partial charge in [-0.15, -0.1) is 0 Å². The fourth-order valence-electron chi connectivity index (χ4n) is 2.07. The number of carbonyl (C=O) groups is 1. The Bertz CT molecular complexity index is 276. The summed E-state index contributed by atoms with van der Waals surface area (Å²) in [4.78, 5) is 12.2. The summed E-state index contributed by atoms with van der Waals surface area (Å²) in [5.41, 5.74) is 5.60. The van der Waals surface area contributed by atoms with Crippen molar-refractivity contribution in [3.8, 4) is 0 Å². The van der Waals surface area contributed by atoms with E-state index in [2.05, 4.69) is 5.32 Å². The van der Waals surface area contributed by atoms with Gasteiger partial charge in [0, 0.05) is 19.8 Å². The molecule has 1 atom stereocenters. The Labute approximate surface area is 108 Å². The van der Waals surface area contributed by atoms with Gasteiger partial charge in [0.15, 0.2) is 0 Å². The molecule has 1 saturated heterocycles. The highest BCUT2D eigenvalue weighted by Gasteiger charge is 2.25. The van der Waals surface area contributed by atoms with Crippen molar-refractivity contribution in [3.63, 3.8) is 0 Å². The molecule has 3 N–H and O–H groups in total. The maximum Gasteiger partial charge on any atom is 0.230 e. The van der Waals surface area contributed by atoms with Crippen LogP contribution in [-0.4, -0.2) is 30.7 Å². The average molecular weight is 258 g/mol. The van der Waals surface area contributed by atoms with Gasteiger partial charge in [0.2, 0.25) is 5.91 Å². The van der Waals surface area contributed by atoms with Crippen molar-refractivity contribution < 1.29 is 9.53 Å². The van der Waals surface area contributed by atoms with E-state index in [1.54, 1.807) is 0 Å². The Balaban J connectivity index is 2.38. The van der Waals surface area contributed by atoms with Crippen LogP contribution in [0.5, 0.6) is 0 Å². The number of nitrogens with two attached hydrogens (primary N) is 1. The third-order valence-corrected chi connectivity index (χ3v) is 3.42. The molecule has 0 bridgehead atoms. The van der Waals surface area contributed by atoms with E-state index < -0.39 is 0 Å². The number of nitrogens with one attached hydrogen (secondary N) is 1. The molecule has 1 fully saturated rings. The van der Waals surface area contributed by atoms with E-state index in [-0.39, 0.29) is 22.7 Å². The molecular weight excluding hydrogens is 236 g/mol. The molecule has 5 heteroatoms. The summed E-state index contributed by atoms with van der Waals surface area (Å²) < 4.78 is 5.28. The van der Waals surface area contributed by atoms with Gasteiger partial charge in [-0.25, -0.2) is 0 Å². The number of rotatable bonds is 5. The lowest BCUT2D eigenvalue weighted by Gasteiger charge is -2.24. The van der Waals surface area contributed by atoms with Gasteiger partial charge in [-0.3, -0.25) is 4.79 Å². The second-order valence-electron chi connectivity index (χ2n) is 4.92. The van der Waals surface area contributed by atoms with E-state index in [4.69, 9.17) is 22.7 Å². The second kappa shape index (κ2) is 6.91. The third-order valence-electron chi connectivity index (χ3n) is 3.16. The molecular formula is C12H22N2O2S. The first-order valence-electron chi connectivity index (χ1n) is 6.17. The minimum Gasteiger partial charge on any atom is -0.393 e. The monoisotopic (exact) mass is 258 g/mol. The lowest BCUT2D eigenvalue weighted by Crippen LogP contribution is -2.42. The zero-order chi connectivity index (χ0) is 12.8. The van der Waals surface area contributed by atoms with E-state index >= 15 is 0 Å². The minimum absolute atomic E-state index is 0.0426. The van der Waals surface area contributed by atoms with Crippen LogP contribution in [0, 0.1) is 17.8 Å². The van der Waals surface area contributed by atoms with Gasteiger partial charge in [0.1, 0.15) is 0 Å². The number of carbonyl (C=O) groups excluding carboxylic acids is 1. The summed E-state index contributed by atoms with van der Waals surface area (Å²) in [6.45, 7) is 6.20. The van der Waals surface area contributed by atoms with Crippen molar-refractivity contribution in [2.45, 2.75) is 26.7 Å². The summed E-state index contributed by atoms with van der Waals surface area (Å²) in [6, 6.07) is 0. The summed E-state index contributed by atoms with van der Waals surface area (Å²) >= 11 is 4.94. The van der Waals surface area contributed by atoms with Crippen molar-refractivity contribution >= 4 is 23.1 Å². The molecule has 0 spiro atoms. The Hall–Kier alpha value is -0.680. The van der Waals surface area contributed by atoms with Gasteiger partial charge in [-0.05, 0) is 24.7 Å². The molecule has 4 nitrogen and oxygen atoms in total. The van der Waals surface area contributed by atoms with Crippen LogP contribution in [0.4, 0.5) is 0 Å². The quantitative estimate of drug-likeness (QED) is 0.725. The van der Waals surface area contributed by atoms with Crippen LogP contribution >= 0.6 is 12.2 Å². The van der Waals surface area contributed by atoms with Crippen LogP contribution in [0.2, 0.25) is 0 Å². The van der Waals surface area contributed by atoms with Crippen LogP contribution in [0.3, 0.4) is 0 Å². The maximum atomic E-state index is 12.0. The molecule has 0 aromatic rings. The molecule has 1 rings (SSSR count). The zero-order valence-corrected chi connectivity index (χ0v) is 11.4. The molecule has 0 aliphatic carbocycles. The number of thiocarbonyl (C=S) groups is 1. The predicted molar refractivity (Wildman–Crippen MR) is 71.7 cm³/mol.